The molecule has 0 unspecified atom stereocenters. The van der Waals surface area contributed by atoms with E-state index in [0.717, 1.165) is 25.0 Å². The van der Waals surface area contributed by atoms with Gasteiger partial charge in [0.25, 0.3) is 5.56 Å². The average molecular weight is 419 g/mol. The van der Waals surface area contributed by atoms with Gasteiger partial charge >= 0.3 is 0 Å². The molecule has 0 N–H and O–H groups in total. The van der Waals surface area contributed by atoms with Crippen molar-refractivity contribution in [3.05, 3.63) is 69.2 Å². The highest BCUT2D eigenvalue weighted by atomic mass is 35.5. The van der Waals surface area contributed by atoms with Crippen LogP contribution in [0.5, 0.6) is 0 Å². The Hall–Kier alpha value is -1.89. The zero-order valence-corrected chi connectivity index (χ0v) is 17.0. The van der Waals surface area contributed by atoms with Gasteiger partial charge in [-0.15, -0.1) is 0 Å². The largest absolute Gasteiger partial charge is 0.376 e. The Balaban J connectivity index is 1.75. The van der Waals surface area contributed by atoms with E-state index < -0.39 is 0 Å². The predicted molar refractivity (Wildman–Crippen MR) is 111 cm³/mol. The highest BCUT2D eigenvalue weighted by Crippen LogP contribution is 2.34. The number of fused-ring (bicyclic) bond motifs is 1. The normalized spacial score (nSPS) is 17.9. The molecular formula is C21H20ClFN2O2S. The molecule has 0 saturated carbocycles. The van der Waals surface area contributed by atoms with E-state index in [0.29, 0.717) is 27.6 Å². The van der Waals surface area contributed by atoms with Crippen molar-refractivity contribution in [1.29, 1.82) is 0 Å². The lowest BCUT2D eigenvalue weighted by Gasteiger charge is -2.19. The van der Waals surface area contributed by atoms with Crippen LogP contribution in [0.3, 0.4) is 0 Å². The number of nitrogens with zero attached hydrogens (tertiary/aromatic N) is 2. The summed E-state index contributed by atoms with van der Waals surface area (Å²) in [6.45, 7) is 3.22. The second kappa shape index (κ2) is 8.23. The van der Waals surface area contributed by atoms with Crippen LogP contribution in [0.15, 0.2) is 52.4 Å². The number of aromatic nitrogens is 2. The van der Waals surface area contributed by atoms with E-state index >= 15 is 0 Å². The molecule has 2 aromatic carbocycles. The topological polar surface area (TPSA) is 44.1 Å². The van der Waals surface area contributed by atoms with E-state index in [1.807, 2.05) is 6.92 Å². The van der Waals surface area contributed by atoms with Crippen LogP contribution >= 0.6 is 23.4 Å². The molecule has 0 aliphatic carbocycles. The number of thioether (sulfide) groups is 1. The number of halogens is 2. The molecule has 4 rings (SSSR count). The first-order valence-corrected chi connectivity index (χ1v) is 10.5. The van der Waals surface area contributed by atoms with Gasteiger partial charge in [0.15, 0.2) is 5.16 Å². The number of benzene rings is 2. The zero-order valence-electron chi connectivity index (χ0n) is 15.4. The van der Waals surface area contributed by atoms with Crippen LogP contribution in [0.25, 0.3) is 10.9 Å². The molecule has 2 heterocycles. The maximum Gasteiger partial charge on any atom is 0.262 e. The van der Waals surface area contributed by atoms with Crippen molar-refractivity contribution in [2.75, 3.05) is 6.61 Å². The lowest BCUT2D eigenvalue weighted by molar-refractivity contribution is 0.0937. The van der Waals surface area contributed by atoms with Crippen LogP contribution in [0.4, 0.5) is 4.39 Å². The van der Waals surface area contributed by atoms with Gasteiger partial charge in [-0.2, -0.15) is 0 Å². The van der Waals surface area contributed by atoms with Gasteiger partial charge in [-0.1, -0.05) is 35.5 Å². The van der Waals surface area contributed by atoms with Gasteiger partial charge in [0.05, 0.1) is 23.6 Å². The zero-order chi connectivity index (χ0) is 19.7. The van der Waals surface area contributed by atoms with E-state index in [1.54, 1.807) is 34.9 Å². The minimum absolute atomic E-state index is 0.000111. The minimum atomic E-state index is -0.269. The van der Waals surface area contributed by atoms with Gasteiger partial charge in [-0.25, -0.2) is 9.37 Å². The first-order chi connectivity index (χ1) is 13.5. The summed E-state index contributed by atoms with van der Waals surface area (Å²) in [7, 11) is 0. The quantitative estimate of drug-likeness (QED) is 0.421. The highest BCUT2D eigenvalue weighted by molar-refractivity contribution is 7.99. The molecule has 0 bridgehead atoms. The molecular weight excluding hydrogens is 399 g/mol. The summed E-state index contributed by atoms with van der Waals surface area (Å²) < 4.78 is 20.7. The van der Waals surface area contributed by atoms with Crippen molar-refractivity contribution < 1.29 is 9.13 Å². The molecule has 4 nitrogen and oxygen atoms in total. The van der Waals surface area contributed by atoms with E-state index in [1.165, 1.54) is 23.9 Å². The molecule has 0 spiro atoms. The Bertz CT molecular complexity index is 1050. The highest BCUT2D eigenvalue weighted by Gasteiger charge is 2.21. The van der Waals surface area contributed by atoms with Crippen molar-refractivity contribution in [1.82, 2.24) is 9.55 Å². The van der Waals surface area contributed by atoms with Gasteiger partial charge in [0.1, 0.15) is 5.82 Å². The monoisotopic (exact) mass is 418 g/mol. The first kappa shape index (κ1) is 19.4. The van der Waals surface area contributed by atoms with Crippen molar-refractivity contribution in [2.45, 2.75) is 42.8 Å². The molecule has 146 valence electrons. The summed E-state index contributed by atoms with van der Waals surface area (Å²) in [5, 5.41) is 1.70. The summed E-state index contributed by atoms with van der Waals surface area (Å²) in [6.07, 6.45) is 1.96. The predicted octanol–water partition coefficient (Wildman–Crippen LogP) is 5.22. The van der Waals surface area contributed by atoms with E-state index in [9.17, 15) is 9.18 Å². The number of hydrogen-bond donors (Lipinski definition) is 0. The third-order valence-electron chi connectivity index (χ3n) is 4.91. The molecule has 0 radical (unpaired) electrons. The van der Waals surface area contributed by atoms with Crippen LogP contribution in [-0.4, -0.2) is 22.3 Å². The molecule has 2 atom stereocenters. The molecule has 1 aliphatic rings. The van der Waals surface area contributed by atoms with E-state index in [4.69, 9.17) is 21.3 Å². The fraction of sp³-hybridized carbons (Fsp3) is 0.333. The van der Waals surface area contributed by atoms with Crippen LogP contribution in [0.1, 0.15) is 30.6 Å². The lowest BCUT2D eigenvalue weighted by atomic mass is 10.2. The summed E-state index contributed by atoms with van der Waals surface area (Å²) in [5.74, 6) is -0.269. The Morgan fingerprint density at radius 2 is 2.11 bits per heavy atom. The van der Waals surface area contributed by atoms with Gasteiger partial charge in [0.2, 0.25) is 0 Å². The molecule has 1 aromatic heterocycles. The Kier molecular flexibility index (Phi) is 5.71. The number of ether oxygens (including phenoxy) is 1. The third-order valence-corrected chi connectivity index (χ3v) is 6.30. The number of hydrogen-bond acceptors (Lipinski definition) is 4. The van der Waals surface area contributed by atoms with Gasteiger partial charge in [-0.3, -0.25) is 9.36 Å². The average Bonchev–Trinajstić information content (AvgIpc) is 3.18. The Morgan fingerprint density at radius 3 is 2.82 bits per heavy atom. The Morgan fingerprint density at radius 1 is 1.32 bits per heavy atom. The van der Waals surface area contributed by atoms with Crippen LogP contribution < -0.4 is 5.56 Å². The summed E-state index contributed by atoms with van der Waals surface area (Å²) in [4.78, 5) is 17.9. The molecule has 1 fully saturated rings. The van der Waals surface area contributed by atoms with E-state index in [2.05, 4.69) is 0 Å². The molecule has 7 heteroatoms. The summed E-state index contributed by atoms with van der Waals surface area (Å²) in [6, 6.07) is 11.5. The molecule has 0 amide bonds. The maximum absolute atomic E-state index is 13.2. The fourth-order valence-corrected chi connectivity index (χ4v) is 4.59. The molecule has 3 aromatic rings. The second-order valence-electron chi connectivity index (χ2n) is 6.92. The van der Waals surface area contributed by atoms with Crippen molar-refractivity contribution in [2.24, 2.45) is 0 Å². The van der Waals surface area contributed by atoms with Gasteiger partial charge < -0.3 is 4.74 Å². The standard InChI is InChI=1S/C21H20ClFN2O2S/c1-13(14-4-7-16(23)8-5-14)28-21-24-19-11-15(22)6-9-18(19)20(26)25(21)12-17-3-2-10-27-17/h4-9,11,13,17H,2-3,10,12H2,1H3/t13-,17+/m0/s1. The molecule has 28 heavy (non-hydrogen) atoms. The van der Waals surface area contributed by atoms with Crippen molar-refractivity contribution in [3.63, 3.8) is 0 Å². The summed E-state index contributed by atoms with van der Waals surface area (Å²) >= 11 is 7.58. The van der Waals surface area contributed by atoms with Crippen LogP contribution in [-0.2, 0) is 11.3 Å². The summed E-state index contributed by atoms with van der Waals surface area (Å²) in [5.41, 5.74) is 1.45. The van der Waals surface area contributed by atoms with Gasteiger partial charge in [0, 0.05) is 16.9 Å². The smallest absolute Gasteiger partial charge is 0.262 e. The van der Waals surface area contributed by atoms with Crippen molar-refractivity contribution >= 4 is 34.3 Å². The second-order valence-corrected chi connectivity index (χ2v) is 8.66. The lowest BCUT2D eigenvalue weighted by Crippen LogP contribution is -2.29. The van der Waals surface area contributed by atoms with E-state index in [-0.39, 0.29) is 22.7 Å². The number of rotatable bonds is 5. The maximum atomic E-state index is 13.2. The van der Waals surface area contributed by atoms with Crippen LogP contribution in [0, 0.1) is 5.82 Å². The fourth-order valence-electron chi connectivity index (χ4n) is 3.38. The SMILES string of the molecule is C[C@H](Sc1nc2cc(Cl)ccc2c(=O)n1C[C@H]1CCCO1)c1ccc(F)cc1. The minimum Gasteiger partial charge on any atom is -0.376 e. The molecule has 1 aliphatic heterocycles. The Labute approximate surface area is 171 Å². The first-order valence-electron chi connectivity index (χ1n) is 9.25. The van der Waals surface area contributed by atoms with Crippen molar-refractivity contribution in [3.8, 4) is 0 Å². The van der Waals surface area contributed by atoms with Gasteiger partial charge in [-0.05, 0) is 55.7 Å². The van der Waals surface area contributed by atoms with Crippen LogP contribution in [0.2, 0.25) is 5.02 Å². The third kappa shape index (κ3) is 4.09. The molecule has 1 saturated heterocycles.